The van der Waals surface area contributed by atoms with Gasteiger partial charge in [0, 0.05) is 14.7 Å². The fourth-order valence-electron chi connectivity index (χ4n) is 4.79. The van der Waals surface area contributed by atoms with Crippen LogP contribution >= 0.6 is 0 Å². The summed E-state index contributed by atoms with van der Waals surface area (Å²) in [6, 6.07) is 13.1. The van der Waals surface area contributed by atoms with E-state index >= 15 is 4.39 Å². The number of unbranched alkanes of at least 4 members (excludes halogenated alkanes) is 2. The first-order valence-corrected chi connectivity index (χ1v) is 13.1. The molecule has 1 aliphatic heterocycles. The van der Waals surface area contributed by atoms with Crippen LogP contribution < -0.4 is 0 Å². The molecule has 0 saturated carbocycles. The summed E-state index contributed by atoms with van der Waals surface area (Å²) in [4.78, 5) is 0. The summed E-state index contributed by atoms with van der Waals surface area (Å²) < 4.78 is 46.8. The lowest BCUT2D eigenvalue weighted by Crippen LogP contribution is -2.45. The van der Waals surface area contributed by atoms with E-state index in [4.69, 9.17) is 4.74 Å². The quantitative estimate of drug-likeness (QED) is 0.256. The van der Waals surface area contributed by atoms with Crippen LogP contribution in [0.5, 0.6) is 0 Å². The SMILES string of the molecule is CCCCC[SiH]1CCC(C2(OC(F)F)C=CC(c3ccccc3)C=C2F)CC1. The molecule has 5 heteroatoms. The lowest BCUT2D eigenvalue weighted by Gasteiger charge is -2.42. The highest BCUT2D eigenvalue weighted by Crippen LogP contribution is 2.46. The molecular weight excluding hydrogens is 377 g/mol. The number of hydrogen-bond acceptors (Lipinski definition) is 1. The number of rotatable bonds is 8. The molecule has 0 amide bonds. The Morgan fingerprint density at radius 2 is 1.86 bits per heavy atom. The zero-order valence-corrected chi connectivity index (χ0v) is 17.8. The number of allylic oxidation sites excluding steroid dienone is 2. The second kappa shape index (κ2) is 9.93. The summed E-state index contributed by atoms with van der Waals surface area (Å²) in [6.45, 7) is -0.784. The number of halogens is 3. The Morgan fingerprint density at radius 1 is 1.14 bits per heavy atom. The summed E-state index contributed by atoms with van der Waals surface area (Å²) in [7, 11) is -0.808. The molecule has 1 saturated heterocycles. The average Bonchev–Trinajstić information content (AvgIpc) is 2.70. The van der Waals surface area contributed by atoms with E-state index in [1.807, 2.05) is 36.4 Å². The zero-order valence-electron chi connectivity index (χ0n) is 16.6. The summed E-state index contributed by atoms with van der Waals surface area (Å²) in [5.41, 5.74) is -0.644. The molecule has 2 atom stereocenters. The highest BCUT2D eigenvalue weighted by molar-refractivity contribution is 6.59. The zero-order chi connectivity index (χ0) is 20.0. The highest BCUT2D eigenvalue weighted by Gasteiger charge is 2.47. The van der Waals surface area contributed by atoms with E-state index < -0.39 is 26.8 Å². The normalized spacial score (nSPS) is 30.5. The van der Waals surface area contributed by atoms with Gasteiger partial charge in [-0.2, -0.15) is 8.78 Å². The van der Waals surface area contributed by atoms with Crippen LogP contribution in [-0.4, -0.2) is 21.0 Å². The van der Waals surface area contributed by atoms with E-state index in [0.29, 0.717) is 0 Å². The molecular formula is C23H31F3OSi. The van der Waals surface area contributed by atoms with Gasteiger partial charge in [0.15, 0.2) is 0 Å². The molecule has 3 rings (SSSR count). The van der Waals surface area contributed by atoms with Gasteiger partial charge in [0.25, 0.3) is 0 Å². The first-order valence-electron chi connectivity index (χ1n) is 10.6. The van der Waals surface area contributed by atoms with Crippen LogP contribution in [0.25, 0.3) is 0 Å². The molecule has 1 aliphatic carbocycles. The van der Waals surface area contributed by atoms with Gasteiger partial charge in [-0.1, -0.05) is 80.7 Å². The van der Waals surface area contributed by atoms with Crippen molar-refractivity contribution in [1.29, 1.82) is 0 Å². The van der Waals surface area contributed by atoms with Crippen molar-refractivity contribution >= 4 is 8.80 Å². The van der Waals surface area contributed by atoms with Crippen LogP contribution in [0.3, 0.4) is 0 Å². The molecule has 0 aromatic heterocycles. The smallest absolute Gasteiger partial charge is 0.304 e. The van der Waals surface area contributed by atoms with Gasteiger partial charge in [-0.05, 0) is 36.5 Å². The number of alkyl halides is 2. The van der Waals surface area contributed by atoms with Gasteiger partial charge in [-0.25, -0.2) is 4.39 Å². The van der Waals surface area contributed by atoms with Crippen molar-refractivity contribution in [2.24, 2.45) is 5.92 Å². The molecule has 0 N–H and O–H groups in total. The largest absolute Gasteiger partial charge is 0.346 e. The predicted molar refractivity (Wildman–Crippen MR) is 111 cm³/mol. The third-order valence-corrected chi connectivity index (χ3v) is 9.91. The molecule has 28 heavy (non-hydrogen) atoms. The van der Waals surface area contributed by atoms with Crippen molar-refractivity contribution in [2.45, 2.75) is 75.3 Å². The second-order valence-electron chi connectivity index (χ2n) is 8.20. The molecule has 0 spiro atoms. The molecule has 1 fully saturated rings. The van der Waals surface area contributed by atoms with Crippen molar-refractivity contribution in [3.8, 4) is 0 Å². The Bertz CT molecular complexity index is 668. The lowest BCUT2D eigenvalue weighted by molar-refractivity contribution is -0.202. The summed E-state index contributed by atoms with van der Waals surface area (Å²) in [6.07, 6.45) is 10.2. The maximum Gasteiger partial charge on any atom is 0.346 e. The van der Waals surface area contributed by atoms with Gasteiger partial charge in [0.05, 0.1) is 0 Å². The fourth-order valence-corrected chi connectivity index (χ4v) is 8.27. The lowest BCUT2D eigenvalue weighted by atomic mass is 9.76. The minimum atomic E-state index is -2.99. The Kier molecular flexibility index (Phi) is 7.58. The van der Waals surface area contributed by atoms with Crippen LogP contribution in [0.15, 0.2) is 54.4 Å². The van der Waals surface area contributed by atoms with Crippen LogP contribution in [0.1, 0.15) is 50.5 Å². The van der Waals surface area contributed by atoms with E-state index in [-0.39, 0.29) is 11.8 Å². The van der Waals surface area contributed by atoms with Crippen LogP contribution in [0.2, 0.25) is 18.1 Å². The first kappa shape index (κ1) is 21.4. The van der Waals surface area contributed by atoms with Crippen molar-refractivity contribution < 1.29 is 17.9 Å². The molecule has 154 valence electrons. The van der Waals surface area contributed by atoms with Crippen LogP contribution in [-0.2, 0) is 4.74 Å². The van der Waals surface area contributed by atoms with E-state index in [2.05, 4.69) is 6.92 Å². The van der Waals surface area contributed by atoms with E-state index in [1.54, 1.807) is 6.08 Å². The average molecular weight is 409 g/mol. The number of ether oxygens (including phenoxy) is 1. The molecule has 1 aromatic rings. The Balaban J connectivity index is 1.73. The van der Waals surface area contributed by atoms with Crippen molar-refractivity contribution in [2.75, 3.05) is 0 Å². The van der Waals surface area contributed by atoms with Gasteiger partial charge in [-0.3, -0.25) is 0 Å². The highest BCUT2D eigenvalue weighted by atomic mass is 28.3. The van der Waals surface area contributed by atoms with Gasteiger partial charge in [0.2, 0.25) is 0 Å². The standard InChI is InChI=1S/C23H31F3OSi/c1-2-3-7-14-28-15-11-20(12-16-28)23(27-22(25)26)13-10-19(17-21(23)24)18-8-5-4-6-9-18/h4-6,8-10,13,17,19-20,22,28H,2-3,7,11-12,14-16H2,1H3. The van der Waals surface area contributed by atoms with E-state index in [1.165, 1.54) is 31.4 Å². The molecule has 0 bridgehead atoms. The number of hydrogen-bond donors (Lipinski definition) is 0. The third-order valence-electron chi connectivity index (χ3n) is 6.39. The van der Waals surface area contributed by atoms with E-state index in [9.17, 15) is 8.78 Å². The molecule has 0 radical (unpaired) electrons. The Hall–Kier alpha value is -1.33. The Labute approximate surface area is 168 Å². The second-order valence-corrected chi connectivity index (χ2v) is 11.7. The van der Waals surface area contributed by atoms with Gasteiger partial charge < -0.3 is 4.74 Å². The molecule has 2 aliphatic rings. The fraction of sp³-hybridized carbons (Fsp3) is 0.565. The number of benzene rings is 1. The third kappa shape index (κ3) is 4.98. The van der Waals surface area contributed by atoms with Gasteiger partial charge in [0.1, 0.15) is 11.4 Å². The molecule has 1 aromatic carbocycles. The van der Waals surface area contributed by atoms with Gasteiger partial charge in [-0.15, -0.1) is 0 Å². The van der Waals surface area contributed by atoms with Gasteiger partial charge >= 0.3 is 6.61 Å². The predicted octanol–water partition coefficient (Wildman–Crippen LogP) is 7.00. The van der Waals surface area contributed by atoms with Crippen molar-refractivity contribution in [3.63, 3.8) is 0 Å². The Morgan fingerprint density at radius 3 is 2.46 bits per heavy atom. The summed E-state index contributed by atoms with van der Waals surface area (Å²) >= 11 is 0. The maximum absolute atomic E-state index is 15.3. The monoisotopic (exact) mass is 408 g/mol. The molecule has 1 heterocycles. The van der Waals surface area contributed by atoms with Crippen molar-refractivity contribution in [3.05, 3.63) is 60.0 Å². The van der Waals surface area contributed by atoms with Crippen molar-refractivity contribution in [1.82, 2.24) is 0 Å². The molecule has 1 nitrogen and oxygen atoms in total. The van der Waals surface area contributed by atoms with Crippen LogP contribution in [0, 0.1) is 5.92 Å². The summed E-state index contributed by atoms with van der Waals surface area (Å²) in [5.74, 6) is -1.00. The summed E-state index contributed by atoms with van der Waals surface area (Å²) in [5, 5.41) is 0. The van der Waals surface area contributed by atoms with Crippen LogP contribution in [0.4, 0.5) is 13.2 Å². The topological polar surface area (TPSA) is 9.23 Å². The minimum Gasteiger partial charge on any atom is -0.304 e. The van der Waals surface area contributed by atoms with E-state index in [0.717, 1.165) is 30.5 Å². The first-order chi connectivity index (χ1) is 13.5. The minimum absolute atomic E-state index is 0.208. The molecule has 2 unspecified atom stereocenters. The maximum atomic E-state index is 15.3.